The first-order valence-corrected chi connectivity index (χ1v) is 7.29. The van der Waals surface area contributed by atoms with Crippen molar-refractivity contribution in [1.29, 1.82) is 0 Å². The Hall–Kier alpha value is -3.52. The molecule has 0 bridgehead atoms. The van der Waals surface area contributed by atoms with E-state index in [9.17, 15) is 29.7 Å². The summed E-state index contributed by atoms with van der Waals surface area (Å²) < 4.78 is 0. The number of carboxylic acids is 3. The van der Waals surface area contributed by atoms with E-state index in [1.807, 2.05) is 0 Å². The molecule has 144 valence electrons. The predicted octanol–water partition coefficient (Wildman–Crippen LogP) is -1.67. The van der Waals surface area contributed by atoms with Crippen molar-refractivity contribution >= 4 is 17.9 Å². The Morgan fingerprint density at radius 2 is 0.786 bits per heavy atom. The fraction of sp³-hybridized carbons (Fsp3) is 0. The Morgan fingerprint density at radius 3 is 0.893 bits per heavy atom. The van der Waals surface area contributed by atoms with Crippen LogP contribution in [0.5, 0.6) is 0 Å². The molecule has 3 rings (SSSR count). The molecule has 0 spiro atoms. The van der Waals surface area contributed by atoms with Crippen molar-refractivity contribution < 1.29 is 49.2 Å². The number of carboxylic acid groups (broad SMARTS) is 3. The number of nitrogens with zero attached hydrogens (tertiary/aromatic N) is 3. The number of hydrogen-bond acceptors (Lipinski definition) is 9. The summed E-state index contributed by atoms with van der Waals surface area (Å²) in [6.07, 6.45) is 4.22. The van der Waals surface area contributed by atoms with Crippen LogP contribution < -0.4 is 15.3 Å². The average molecular weight is 469 g/mol. The maximum atomic E-state index is 10.0. The summed E-state index contributed by atoms with van der Waals surface area (Å²) in [4.78, 5) is 40.6. The zero-order chi connectivity index (χ0) is 20.1. The van der Waals surface area contributed by atoms with Crippen LogP contribution in [0.1, 0.15) is 31.5 Å². The Bertz CT molecular complexity index is 747. The topological polar surface area (TPSA) is 159 Å². The second kappa shape index (κ2) is 13.7. The molecule has 0 radical (unpaired) electrons. The number of hydrogen-bond donors (Lipinski definition) is 0. The quantitative estimate of drug-likeness (QED) is 0.409. The fourth-order valence-corrected chi connectivity index (χ4v) is 1.45. The first-order valence-electron chi connectivity index (χ1n) is 7.29. The van der Waals surface area contributed by atoms with Gasteiger partial charge in [0.25, 0.3) is 0 Å². The Labute approximate surface area is 172 Å². The van der Waals surface area contributed by atoms with Crippen LogP contribution >= 0.6 is 0 Å². The zero-order valence-electron chi connectivity index (χ0n) is 14.1. The summed E-state index contributed by atoms with van der Waals surface area (Å²) in [6, 6.07) is 13.9. The van der Waals surface area contributed by atoms with E-state index in [-0.39, 0.29) is 36.6 Å². The van der Waals surface area contributed by atoms with Crippen molar-refractivity contribution in [3.63, 3.8) is 0 Å². The van der Waals surface area contributed by atoms with E-state index < -0.39 is 17.9 Å². The SMILES string of the molecule is O=C([O-])c1ccccn1.O=C([O-])c1ccccn1.O=C([O-])c1ccccn1.[Rh+3]. The molecule has 0 saturated heterocycles. The Kier molecular flexibility index (Phi) is 11.9. The Balaban J connectivity index is 0.000000384. The third-order valence-corrected chi connectivity index (χ3v) is 2.62. The summed E-state index contributed by atoms with van der Waals surface area (Å²) in [5, 5.41) is 30.1. The van der Waals surface area contributed by atoms with Gasteiger partial charge in [-0.1, -0.05) is 18.2 Å². The van der Waals surface area contributed by atoms with Gasteiger partial charge in [-0.25, -0.2) is 0 Å². The van der Waals surface area contributed by atoms with Gasteiger partial charge in [-0.2, -0.15) is 0 Å². The van der Waals surface area contributed by atoms with Gasteiger partial charge in [0.1, 0.15) is 0 Å². The van der Waals surface area contributed by atoms with E-state index in [4.69, 9.17) is 0 Å². The average Bonchev–Trinajstić information content (AvgIpc) is 2.71. The molecule has 10 heteroatoms. The molecule has 0 amide bonds. The first-order chi connectivity index (χ1) is 12.9. The molecule has 0 aromatic carbocycles. The van der Waals surface area contributed by atoms with Crippen molar-refractivity contribution in [1.82, 2.24) is 15.0 Å². The molecule has 3 aromatic heterocycles. The summed E-state index contributed by atoms with van der Waals surface area (Å²) in [7, 11) is 0. The number of pyridine rings is 3. The van der Waals surface area contributed by atoms with E-state index in [1.54, 1.807) is 36.4 Å². The molecular weight excluding hydrogens is 457 g/mol. The van der Waals surface area contributed by atoms with E-state index in [0.717, 1.165) is 0 Å². The molecule has 3 heterocycles. The van der Waals surface area contributed by atoms with E-state index in [0.29, 0.717) is 0 Å². The van der Waals surface area contributed by atoms with E-state index >= 15 is 0 Å². The minimum Gasteiger partial charge on any atom is -0.543 e. The molecule has 0 aliphatic rings. The second-order valence-corrected chi connectivity index (χ2v) is 4.51. The molecule has 0 atom stereocenters. The predicted molar refractivity (Wildman–Crippen MR) is 85.7 cm³/mol. The number of rotatable bonds is 3. The van der Waals surface area contributed by atoms with Crippen molar-refractivity contribution in [2.45, 2.75) is 0 Å². The normalized spacial score (nSPS) is 8.57. The standard InChI is InChI=1S/3C6H5NO2.Rh/c3*8-6(9)5-3-1-2-4-7-5;/h3*1-4H,(H,8,9);/q;;;+3/p-3. The van der Waals surface area contributed by atoms with Crippen molar-refractivity contribution in [3.8, 4) is 0 Å². The van der Waals surface area contributed by atoms with Crippen LogP contribution in [0, 0.1) is 0 Å². The van der Waals surface area contributed by atoms with Crippen molar-refractivity contribution in [3.05, 3.63) is 90.3 Å². The molecule has 0 unspecified atom stereocenters. The number of aromatic carboxylic acids is 3. The summed E-state index contributed by atoms with van der Waals surface area (Å²) in [5.74, 6) is -3.72. The van der Waals surface area contributed by atoms with Crippen molar-refractivity contribution in [2.24, 2.45) is 0 Å². The van der Waals surface area contributed by atoms with Crippen LogP contribution in [0.25, 0.3) is 0 Å². The smallest absolute Gasteiger partial charge is 0.543 e. The van der Waals surface area contributed by atoms with Gasteiger partial charge in [0.2, 0.25) is 0 Å². The molecule has 3 aromatic rings. The number of aromatic nitrogens is 3. The molecule has 9 nitrogen and oxygen atoms in total. The van der Waals surface area contributed by atoms with Gasteiger partial charge in [-0.05, 0) is 36.4 Å². The molecule has 0 N–H and O–H groups in total. The molecular formula is C18H12N3O6Rh. The number of carbonyl (C=O) groups excluding carboxylic acids is 3. The van der Waals surface area contributed by atoms with Gasteiger partial charge in [0.15, 0.2) is 0 Å². The molecule has 0 aliphatic carbocycles. The first kappa shape index (κ1) is 24.5. The fourth-order valence-electron chi connectivity index (χ4n) is 1.45. The van der Waals surface area contributed by atoms with Gasteiger partial charge >= 0.3 is 19.5 Å². The van der Waals surface area contributed by atoms with Gasteiger partial charge < -0.3 is 29.7 Å². The largest absolute Gasteiger partial charge is 3.00 e. The van der Waals surface area contributed by atoms with Crippen LogP contribution in [0.2, 0.25) is 0 Å². The number of carbonyl (C=O) groups is 3. The van der Waals surface area contributed by atoms with Crippen molar-refractivity contribution in [2.75, 3.05) is 0 Å². The second-order valence-electron chi connectivity index (χ2n) is 4.51. The van der Waals surface area contributed by atoms with E-state index in [1.165, 1.54) is 36.8 Å². The monoisotopic (exact) mass is 469 g/mol. The van der Waals surface area contributed by atoms with Gasteiger partial charge in [-0.15, -0.1) is 0 Å². The van der Waals surface area contributed by atoms with Crippen LogP contribution in [-0.4, -0.2) is 32.9 Å². The van der Waals surface area contributed by atoms with E-state index in [2.05, 4.69) is 15.0 Å². The third kappa shape index (κ3) is 9.83. The molecule has 28 heavy (non-hydrogen) atoms. The van der Waals surface area contributed by atoms with Crippen LogP contribution in [0.15, 0.2) is 73.2 Å². The minimum atomic E-state index is -1.24. The van der Waals surface area contributed by atoms with Crippen LogP contribution in [0.4, 0.5) is 0 Å². The maximum Gasteiger partial charge on any atom is 3.00 e. The Morgan fingerprint density at radius 1 is 0.536 bits per heavy atom. The summed E-state index contributed by atoms with van der Waals surface area (Å²) in [6.45, 7) is 0. The van der Waals surface area contributed by atoms with Crippen LogP contribution in [0.3, 0.4) is 0 Å². The molecule has 0 aliphatic heterocycles. The zero-order valence-corrected chi connectivity index (χ0v) is 15.7. The molecule has 0 fully saturated rings. The van der Waals surface area contributed by atoms with Gasteiger partial charge in [-0.3, -0.25) is 15.0 Å². The van der Waals surface area contributed by atoms with Crippen LogP contribution in [-0.2, 0) is 19.5 Å². The summed E-state index contributed by atoms with van der Waals surface area (Å²) in [5.41, 5.74) is -0.0903. The molecule has 0 saturated carbocycles. The summed E-state index contributed by atoms with van der Waals surface area (Å²) >= 11 is 0. The maximum absolute atomic E-state index is 10.0. The van der Waals surface area contributed by atoms with Gasteiger partial charge in [0, 0.05) is 18.6 Å². The van der Waals surface area contributed by atoms with Gasteiger partial charge in [0.05, 0.1) is 35.0 Å². The third-order valence-electron chi connectivity index (χ3n) is 2.62. The minimum absolute atomic E-state index is 0.